The van der Waals surface area contributed by atoms with E-state index in [0.29, 0.717) is 10.6 Å². The van der Waals surface area contributed by atoms with Gasteiger partial charge in [0, 0.05) is 37.3 Å². The summed E-state index contributed by atoms with van der Waals surface area (Å²) < 4.78 is 41.9. The molecule has 1 heterocycles. The Kier molecular flexibility index (Phi) is 5.99. The zero-order valence-electron chi connectivity index (χ0n) is 19.3. The first-order chi connectivity index (χ1) is 15.9. The standard InChI is InChI=1S/C25H28F3N3O3/c1-24(2)19-7-5-4-6-16(19)12-20(24)29-18-10-8-15(9-11-18)21(25(26,27)28)30(3)22(32)17-13-31(14-17)23(33)34/h4-11,17,20-21,29H,12-14H2,1-3H3,(H,33,34). The van der Waals surface area contributed by atoms with Crippen LogP contribution in [0.4, 0.5) is 23.7 Å². The summed E-state index contributed by atoms with van der Waals surface area (Å²) in [6, 6.07) is 12.2. The molecule has 2 aromatic rings. The summed E-state index contributed by atoms with van der Waals surface area (Å²) in [4.78, 5) is 25.2. The number of amides is 2. The van der Waals surface area contributed by atoms with Crippen LogP contribution in [0.1, 0.15) is 36.6 Å². The molecule has 2 unspecified atom stereocenters. The maximum Gasteiger partial charge on any atom is 0.413 e. The van der Waals surface area contributed by atoms with Gasteiger partial charge in [-0.3, -0.25) is 4.79 Å². The van der Waals surface area contributed by atoms with Gasteiger partial charge in [-0.15, -0.1) is 0 Å². The highest BCUT2D eigenvalue weighted by molar-refractivity contribution is 5.82. The summed E-state index contributed by atoms with van der Waals surface area (Å²) in [7, 11) is 1.12. The van der Waals surface area contributed by atoms with Crippen LogP contribution < -0.4 is 5.32 Å². The van der Waals surface area contributed by atoms with Crippen molar-refractivity contribution in [2.24, 2.45) is 5.92 Å². The van der Waals surface area contributed by atoms with E-state index in [1.807, 2.05) is 12.1 Å². The number of fused-ring (bicyclic) bond motifs is 1. The van der Waals surface area contributed by atoms with E-state index in [9.17, 15) is 22.8 Å². The molecule has 2 N–H and O–H groups in total. The van der Waals surface area contributed by atoms with Crippen LogP contribution in [0.5, 0.6) is 0 Å². The van der Waals surface area contributed by atoms with E-state index in [-0.39, 0.29) is 30.1 Å². The van der Waals surface area contributed by atoms with E-state index in [4.69, 9.17) is 5.11 Å². The summed E-state index contributed by atoms with van der Waals surface area (Å²) in [5, 5.41) is 12.4. The zero-order chi connectivity index (χ0) is 24.8. The Labute approximate surface area is 196 Å². The molecule has 1 aliphatic heterocycles. The van der Waals surface area contributed by atoms with Crippen molar-refractivity contribution in [1.82, 2.24) is 9.80 Å². The van der Waals surface area contributed by atoms with Gasteiger partial charge in [0.15, 0.2) is 6.04 Å². The molecule has 0 saturated carbocycles. The smallest absolute Gasteiger partial charge is 0.413 e. The molecule has 9 heteroatoms. The van der Waals surface area contributed by atoms with E-state index in [0.717, 1.165) is 18.4 Å². The lowest BCUT2D eigenvalue weighted by atomic mass is 9.83. The lowest BCUT2D eigenvalue weighted by molar-refractivity contribution is -0.192. The van der Waals surface area contributed by atoms with Crippen molar-refractivity contribution < 1.29 is 27.9 Å². The van der Waals surface area contributed by atoms with Crippen LogP contribution in [0.25, 0.3) is 0 Å². The van der Waals surface area contributed by atoms with E-state index >= 15 is 0 Å². The van der Waals surface area contributed by atoms with Crippen molar-refractivity contribution in [3.05, 3.63) is 65.2 Å². The van der Waals surface area contributed by atoms with Crippen molar-refractivity contribution >= 4 is 17.7 Å². The molecule has 1 fully saturated rings. The summed E-state index contributed by atoms with van der Waals surface area (Å²) in [6.45, 7) is 4.12. The van der Waals surface area contributed by atoms with Crippen LogP contribution in [-0.2, 0) is 16.6 Å². The lowest BCUT2D eigenvalue weighted by Crippen LogP contribution is -2.56. The summed E-state index contributed by atoms with van der Waals surface area (Å²) in [6.07, 6.45) is -5.04. The van der Waals surface area contributed by atoms with Gasteiger partial charge < -0.3 is 20.2 Å². The molecule has 182 valence electrons. The minimum Gasteiger partial charge on any atom is -0.465 e. The predicted octanol–water partition coefficient (Wildman–Crippen LogP) is 4.67. The fourth-order valence-electron chi connectivity index (χ4n) is 5.02. The molecule has 0 spiro atoms. The highest BCUT2D eigenvalue weighted by atomic mass is 19.4. The number of anilines is 1. The van der Waals surface area contributed by atoms with Crippen LogP contribution in [0.15, 0.2) is 48.5 Å². The van der Waals surface area contributed by atoms with Gasteiger partial charge in [-0.05, 0) is 35.2 Å². The number of benzene rings is 2. The molecule has 4 rings (SSSR count). The Morgan fingerprint density at radius 2 is 1.74 bits per heavy atom. The number of halogens is 3. The van der Waals surface area contributed by atoms with Crippen molar-refractivity contribution in [1.29, 1.82) is 0 Å². The molecule has 34 heavy (non-hydrogen) atoms. The van der Waals surface area contributed by atoms with E-state index in [1.54, 1.807) is 12.1 Å². The Morgan fingerprint density at radius 1 is 1.12 bits per heavy atom. The average Bonchev–Trinajstić information content (AvgIpc) is 2.97. The molecule has 0 radical (unpaired) electrons. The van der Waals surface area contributed by atoms with Gasteiger partial charge >= 0.3 is 12.3 Å². The quantitative estimate of drug-likeness (QED) is 0.659. The zero-order valence-corrected chi connectivity index (χ0v) is 19.3. The Balaban J connectivity index is 1.48. The monoisotopic (exact) mass is 475 g/mol. The topological polar surface area (TPSA) is 72.9 Å². The molecule has 6 nitrogen and oxygen atoms in total. The van der Waals surface area contributed by atoms with Crippen molar-refractivity contribution in [3.8, 4) is 0 Å². The van der Waals surface area contributed by atoms with E-state index in [2.05, 4.69) is 31.3 Å². The van der Waals surface area contributed by atoms with Crippen LogP contribution >= 0.6 is 0 Å². The number of hydrogen-bond acceptors (Lipinski definition) is 3. The minimum atomic E-state index is -4.68. The van der Waals surface area contributed by atoms with Gasteiger partial charge in [-0.25, -0.2) is 4.79 Å². The van der Waals surface area contributed by atoms with Gasteiger partial charge in [-0.2, -0.15) is 13.2 Å². The third-order valence-electron chi connectivity index (χ3n) is 7.12. The van der Waals surface area contributed by atoms with Crippen LogP contribution in [0, 0.1) is 5.92 Å². The SMILES string of the molecule is CN(C(=O)C1CN(C(=O)O)C1)C(c1ccc(NC2Cc3ccccc3C2(C)C)cc1)C(F)(F)F. The number of hydrogen-bond donors (Lipinski definition) is 2. The van der Waals surface area contributed by atoms with Crippen molar-refractivity contribution in [2.75, 3.05) is 25.5 Å². The van der Waals surface area contributed by atoms with E-state index < -0.39 is 30.1 Å². The van der Waals surface area contributed by atoms with Gasteiger partial charge in [0.1, 0.15) is 0 Å². The second-order valence-corrected chi connectivity index (χ2v) is 9.68. The Hall–Kier alpha value is -3.23. The summed E-state index contributed by atoms with van der Waals surface area (Å²) in [5.74, 6) is -1.48. The van der Waals surface area contributed by atoms with Crippen LogP contribution in [0.2, 0.25) is 0 Å². The van der Waals surface area contributed by atoms with Crippen LogP contribution in [-0.4, -0.2) is 59.3 Å². The summed E-state index contributed by atoms with van der Waals surface area (Å²) in [5.41, 5.74) is 3.05. The largest absolute Gasteiger partial charge is 0.465 e. The van der Waals surface area contributed by atoms with Gasteiger partial charge in [0.25, 0.3) is 0 Å². The molecule has 0 bridgehead atoms. The first-order valence-corrected chi connectivity index (χ1v) is 11.2. The van der Waals surface area contributed by atoms with Crippen molar-refractivity contribution in [2.45, 2.75) is 43.9 Å². The first kappa shape index (κ1) is 23.9. The maximum atomic E-state index is 14.0. The predicted molar refractivity (Wildman–Crippen MR) is 122 cm³/mol. The molecule has 2 amide bonds. The van der Waals surface area contributed by atoms with Crippen LogP contribution in [0.3, 0.4) is 0 Å². The van der Waals surface area contributed by atoms with Gasteiger partial charge in [0.2, 0.25) is 5.91 Å². The number of carbonyl (C=O) groups is 2. The number of carboxylic acid groups (broad SMARTS) is 1. The van der Waals surface area contributed by atoms with Gasteiger partial charge in [0.05, 0.1) is 5.92 Å². The lowest BCUT2D eigenvalue weighted by Gasteiger charge is -2.40. The molecular weight excluding hydrogens is 447 g/mol. The number of likely N-dealkylation sites (tertiary alicyclic amines) is 1. The first-order valence-electron chi connectivity index (χ1n) is 11.2. The number of rotatable bonds is 5. The molecule has 2 atom stereocenters. The number of nitrogens with one attached hydrogen (secondary N) is 1. The van der Waals surface area contributed by atoms with Crippen molar-refractivity contribution in [3.63, 3.8) is 0 Å². The normalized spacial score (nSPS) is 20.3. The second kappa shape index (κ2) is 8.52. The molecule has 1 saturated heterocycles. The third kappa shape index (κ3) is 4.31. The maximum absolute atomic E-state index is 14.0. The number of alkyl halides is 3. The molecule has 1 aliphatic carbocycles. The summed E-state index contributed by atoms with van der Waals surface area (Å²) >= 11 is 0. The molecular formula is C25H28F3N3O3. The molecule has 2 aromatic carbocycles. The van der Waals surface area contributed by atoms with Gasteiger partial charge in [-0.1, -0.05) is 50.2 Å². The third-order valence-corrected chi connectivity index (χ3v) is 7.12. The second-order valence-electron chi connectivity index (χ2n) is 9.68. The Bertz CT molecular complexity index is 1080. The average molecular weight is 476 g/mol. The fraction of sp³-hybridized carbons (Fsp3) is 0.440. The fourth-order valence-corrected chi connectivity index (χ4v) is 5.02. The Morgan fingerprint density at radius 3 is 2.29 bits per heavy atom. The highest BCUT2D eigenvalue weighted by Gasteiger charge is 2.48. The molecule has 0 aromatic heterocycles. The van der Waals surface area contributed by atoms with E-state index in [1.165, 1.54) is 23.3 Å². The number of carbonyl (C=O) groups excluding carboxylic acids is 1. The highest BCUT2D eigenvalue weighted by Crippen LogP contribution is 2.41. The molecule has 2 aliphatic rings. The number of nitrogens with zero attached hydrogens (tertiary/aromatic N) is 2. The minimum absolute atomic E-state index is 0.0442.